The van der Waals surface area contributed by atoms with E-state index in [-0.39, 0.29) is 6.04 Å². The summed E-state index contributed by atoms with van der Waals surface area (Å²) in [6.07, 6.45) is 3.54. The van der Waals surface area contributed by atoms with Crippen molar-refractivity contribution in [1.82, 2.24) is 5.32 Å². The van der Waals surface area contributed by atoms with Gasteiger partial charge in [0.05, 0.1) is 0 Å². The Morgan fingerprint density at radius 2 is 2.12 bits per heavy atom. The first kappa shape index (κ1) is 14.2. The van der Waals surface area contributed by atoms with Crippen molar-refractivity contribution in [3.63, 3.8) is 0 Å². The van der Waals surface area contributed by atoms with E-state index in [9.17, 15) is 9.32 Å². The lowest BCUT2D eigenvalue weighted by Gasteiger charge is -2.18. The summed E-state index contributed by atoms with van der Waals surface area (Å²) in [7, 11) is -0.720. The summed E-state index contributed by atoms with van der Waals surface area (Å²) >= 11 is 0. The molecular formula is C13H21NO2S. The molecule has 1 rings (SSSR count). The fraction of sp³-hybridized carbons (Fsp3) is 0.538. The van der Waals surface area contributed by atoms with Crippen molar-refractivity contribution >= 4 is 10.8 Å². The molecule has 0 bridgehead atoms. The lowest BCUT2D eigenvalue weighted by Crippen LogP contribution is -2.23. The monoisotopic (exact) mass is 255 g/mol. The second-order valence-corrected chi connectivity index (χ2v) is 5.66. The van der Waals surface area contributed by atoms with Crippen LogP contribution in [-0.2, 0) is 10.8 Å². The van der Waals surface area contributed by atoms with Crippen LogP contribution in [0, 0.1) is 0 Å². The average molecular weight is 255 g/mol. The van der Waals surface area contributed by atoms with Crippen molar-refractivity contribution in [3.05, 3.63) is 29.8 Å². The maximum atomic E-state index is 10.9. The first-order valence-corrected chi connectivity index (χ1v) is 7.69. The van der Waals surface area contributed by atoms with Gasteiger partial charge in [-0.25, -0.2) is 0 Å². The predicted molar refractivity (Wildman–Crippen MR) is 72.7 cm³/mol. The van der Waals surface area contributed by atoms with Crippen molar-refractivity contribution in [3.8, 4) is 5.75 Å². The van der Waals surface area contributed by atoms with Crippen LogP contribution >= 0.6 is 0 Å². The number of nitrogens with one attached hydrogen (secondary N) is 1. The lowest BCUT2D eigenvalue weighted by molar-refractivity contribution is 0.441. The predicted octanol–water partition coefficient (Wildman–Crippen LogP) is 2.20. The van der Waals surface area contributed by atoms with Crippen molar-refractivity contribution in [2.45, 2.75) is 25.8 Å². The van der Waals surface area contributed by atoms with E-state index in [2.05, 4.69) is 12.2 Å². The maximum absolute atomic E-state index is 10.9. The largest absolute Gasteiger partial charge is 0.508 e. The summed E-state index contributed by atoms with van der Waals surface area (Å²) in [5.74, 6) is 1.07. The summed E-state index contributed by atoms with van der Waals surface area (Å²) in [6.45, 7) is 2.91. The Hall–Kier alpha value is -0.870. The van der Waals surface area contributed by atoms with Crippen molar-refractivity contribution in [2.75, 3.05) is 18.6 Å². The minimum absolute atomic E-state index is 0.168. The average Bonchev–Trinajstić information content (AvgIpc) is 2.30. The minimum atomic E-state index is -0.720. The van der Waals surface area contributed by atoms with Crippen LogP contribution in [0.1, 0.15) is 31.4 Å². The molecule has 1 aromatic carbocycles. The number of rotatable bonds is 7. The second kappa shape index (κ2) is 7.45. The molecule has 2 N–H and O–H groups in total. The highest BCUT2D eigenvalue weighted by atomic mass is 32.2. The minimum Gasteiger partial charge on any atom is -0.508 e. The Labute approximate surface area is 106 Å². The van der Waals surface area contributed by atoms with Gasteiger partial charge in [-0.05, 0) is 25.5 Å². The zero-order chi connectivity index (χ0) is 12.7. The molecule has 0 aliphatic carbocycles. The molecule has 2 atom stereocenters. The molecule has 0 aromatic heterocycles. The maximum Gasteiger partial charge on any atom is 0.120 e. The smallest absolute Gasteiger partial charge is 0.120 e. The Morgan fingerprint density at radius 1 is 1.41 bits per heavy atom. The molecule has 96 valence electrons. The number of phenols is 1. The normalized spacial score (nSPS) is 14.5. The summed E-state index contributed by atoms with van der Waals surface area (Å²) in [4.78, 5) is 0. The standard InChI is InChI=1S/C13H21NO2S/c1-3-12(14-9-6-10-17(2)16)11-7-4-5-8-13(11)15/h4-5,7-8,12,14-15H,3,6,9-10H2,1-2H3. The van der Waals surface area contributed by atoms with E-state index in [4.69, 9.17) is 0 Å². The van der Waals surface area contributed by atoms with Crippen LogP contribution < -0.4 is 5.32 Å². The summed E-state index contributed by atoms with van der Waals surface area (Å²) < 4.78 is 10.9. The molecule has 0 saturated carbocycles. The zero-order valence-corrected chi connectivity index (χ0v) is 11.3. The van der Waals surface area contributed by atoms with E-state index in [1.54, 1.807) is 12.3 Å². The topological polar surface area (TPSA) is 49.3 Å². The number of phenolic OH excluding ortho intramolecular Hbond substituents is 1. The van der Waals surface area contributed by atoms with Crippen LogP contribution in [0.4, 0.5) is 0 Å². The molecule has 0 amide bonds. The molecule has 0 aliphatic rings. The molecule has 0 heterocycles. The van der Waals surface area contributed by atoms with Crippen molar-refractivity contribution < 1.29 is 9.32 Å². The third-order valence-electron chi connectivity index (χ3n) is 2.72. The van der Waals surface area contributed by atoms with Gasteiger partial charge in [-0.2, -0.15) is 0 Å². The lowest BCUT2D eigenvalue weighted by atomic mass is 10.0. The van der Waals surface area contributed by atoms with Crippen LogP contribution in [-0.4, -0.2) is 27.9 Å². The number of hydrogen-bond donors (Lipinski definition) is 2. The van der Waals surface area contributed by atoms with Crippen LogP contribution in [0.3, 0.4) is 0 Å². The first-order chi connectivity index (χ1) is 8.15. The van der Waals surface area contributed by atoms with Crippen molar-refractivity contribution in [2.24, 2.45) is 0 Å². The molecule has 17 heavy (non-hydrogen) atoms. The van der Waals surface area contributed by atoms with Gasteiger partial charge in [0, 0.05) is 34.4 Å². The number of aromatic hydroxyl groups is 1. The van der Waals surface area contributed by atoms with Crippen LogP contribution in [0.25, 0.3) is 0 Å². The SMILES string of the molecule is CCC(NCCCS(C)=O)c1ccccc1O. The van der Waals surface area contributed by atoms with Gasteiger partial charge in [-0.15, -0.1) is 0 Å². The fourth-order valence-corrected chi connectivity index (χ4v) is 2.36. The van der Waals surface area contributed by atoms with E-state index in [1.807, 2.05) is 18.2 Å². The first-order valence-electron chi connectivity index (χ1n) is 5.96. The van der Waals surface area contributed by atoms with E-state index < -0.39 is 10.8 Å². The summed E-state index contributed by atoms with van der Waals surface area (Å²) in [5, 5.41) is 13.2. The van der Waals surface area contributed by atoms with Gasteiger partial charge >= 0.3 is 0 Å². The highest BCUT2D eigenvalue weighted by Crippen LogP contribution is 2.25. The fourth-order valence-electron chi connectivity index (χ4n) is 1.81. The molecule has 0 saturated heterocycles. The molecule has 3 nitrogen and oxygen atoms in total. The molecule has 0 aliphatic heterocycles. The number of hydrogen-bond acceptors (Lipinski definition) is 3. The summed E-state index contributed by atoms with van der Waals surface area (Å²) in [6, 6.07) is 7.57. The molecule has 4 heteroatoms. The second-order valence-electron chi connectivity index (χ2n) is 4.10. The molecule has 2 unspecified atom stereocenters. The summed E-state index contributed by atoms with van der Waals surface area (Å²) in [5.41, 5.74) is 0.938. The third-order valence-corrected chi connectivity index (χ3v) is 3.58. The van der Waals surface area contributed by atoms with Crippen LogP contribution in [0.2, 0.25) is 0 Å². The molecule has 0 spiro atoms. The Bertz CT molecular complexity index is 368. The third kappa shape index (κ3) is 4.88. The Kier molecular flexibility index (Phi) is 6.22. The Morgan fingerprint density at radius 3 is 2.71 bits per heavy atom. The highest BCUT2D eigenvalue weighted by Gasteiger charge is 2.11. The van der Waals surface area contributed by atoms with Gasteiger partial charge in [0.25, 0.3) is 0 Å². The van der Waals surface area contributed by atoms with Crippen molar-refractivity contribution in [1.29, 1.82) is 0 Å². The van der Waals surface area contributed by atoms with E-state index in [1.165, 1.54) is 0 Å². The molecule has 1 aromatic rings. The quantitative estimate of drug-likeness (QED) is 0.734. The van der Waals surface area contributed by atoms with Gasteiger partial charge in [0.2, 0.25) is 0 Å². The van der Waals surface area contributed by atoms with Crippen LogP contribution in [0.15, 0.2) is 24.3 Å². The molecule has 0 fully saturated rings. The van der Waals surface area contributed by atoms with E-state index in [0.717, 1.165) is 30.7 Å². The van der Waals surface area contributed by atoms with E-state index >= 15 is 0 Å². The van der Waals surface area contributed by atoms with Gasteiger partial charge in [-0.1, -0.05) is 25.1 Å². The molecular weight excluding hydrogens is 234 g/mol. The van der Waals surface area contributed by atoms with Gasteiger partial charge in [-0.3, -0.25) is 4.21 Å². The zero-order valence-electron chi connectivity index (χ0n) is 10.5. The van der Waals surface area contributed by atoms with Gasteiger partial charge < -0.3 is 10.4 Å². The van der Waals surface area contributed by atoms with Gasteiger partial charge in [0.1, 0.15) is 5.75 Å². The molecule has 0 radical (unpaired) electrons. The highest BCUT2D eigenvalue weighted by molar-refractivity contribution is 7.84. The number of para-hydroxylation sites is 1. The van der Waals surface area contributed by atoms with E-state index in [0.29, 0.717) is 5.75 Å². The van der Waals surface area contributed by atoms with Gasteiger partial charge in [0.15, 0.2) is 0 Å². The number of benzene rings is 1. The van der Waals surface area contributed by atoms with Crippen LogP contribution in [0.5, 0.6) is 5.75 Å². The Balaban J connectivity index is 2.49.